The summed E-state index contributed by atoms with van der Waals surface area (Å²) in [7, 11) is 0. The lowest BCUT2D eigenvalue weighted by molar-refractivity contribution is -0.119. The summed E-state index contributed by atoms with van der Waals surface area (Å²) < 4.78 is 0. The van der Waals surface area contributed by atoms with Gasteiger partial charge in [-0.15, -0.1) is 0 Å². The molecule has 144 valence electrons. The zero-order valence-corrected chi connectivity index (χ0v) is 15.9. The maximum atomic E-state index is 12.3. The Balaban J connectivity index is 1.94. The summed E-state index contributed by atoms with van der Waals surface area (Å²) in [6.45, 7) is 1.81. The van der Waals surface area contributed by atoms with Crippen LogP contribution in [-0.4, -0.2) is 24.4 Å². The third-order valence-electron chi connectivity index (χ3n) is 3.90. The molecule has 0 spiro atoms. The fraction of sp³-hybridized carbons (Fsp3) is 0.130. The summed E-state index contributed by atoms with van der Waals surface area (Å²) in [6.07, 6.45) is 2.99. The van der Waals surface area contributed by atoms with Crippen molar-refractivity contribution >= 4 is 24.0 Å². The Hall–Kier alpha value is -4.16. The monoisotopic (exact) mass is 384 g/mol. The number of hydrogen-bond acceptors (Lipinski definition) is 4. The third kappa shape index (κ3) is 6.82. The number of benzene rings is 2. The van der Waals surface area contributed by atoms with E-state index in [1.165, 1.54) is 12.2 Å². The smallest absolute Gasteiger partial charge is 0.262 e. The van der Waals surface area contributed by atoms with Gasteiger partial charge >= 0.3 is 0 Å². The second kappa shape index (κ2) is 10.9. The highest BCUT2D eigenvalue weighted by Gasteiger charge is 2.15. The highest BCUT2D eigenvalue weighted by Crippen LogP contribution is 2.07. The van der Waals surface area contributed by atoms with Crippen LogP contribution in [0.5, 0.6) is 0 Å². The van der Waals surface area contributed by atoms with Crippen LogP contribution in [0.4, 0.5) is 0 Å². The van der Waals surface area contributed by atoms with Crippen LogP contribution in [0.1, 0.15) is 18.1 Å². The largest absolute Gasteiger partial charge is 0.349 e. The van der Waals surface area contributed by atoms with Gasteiger partial charge in [0.05, 0.1) is 0 Å². The molecule has 0 radical (unpaired) electrons. The quantitative estimate of drug-likeness (QED) is 0.565. The Kier molecular flexibility index (Phi) is 7.92. The number of nitriles is 2. The molecule has 6 heteroatoms. The Labute approximate surface area is 169 Å². The average Bonchev–Trinajstić information content (AvgIpc) is 2.75. The summed E-state index contributed by atoms with van der Waals surface area (Å²) in [5.74, 6) is -1.06. The van der Waals surface area contributed by atoms with Crippen LogP contribution in [0.2, 0.25) is 0 Å². The van der Waals surface area contributed by atoms with Gasteiger partial charge in [0, 0.05) is 12.6 Å². The molecule has 0 aromatic heterocycles. The number of nitrogens with one attached hydrogen (secondary N) is 2. The fourth-order valence-electron chi connectivity index (χ4n) is 2.42. The predicted octanol–water partition coefficient (Wildman–Crippen LogP) is 2.82. The zero-order valence-electron chi connectivity index (χ0n) is 15.9. The van der Waals surface area contributed by atoms with Gasteiger partial charge in [0.1, 0.15) is 23.3 Å². The maximum absolute atomic E-state index is 12.3. The van der Waals surface area contributed by atoms with E-state index in [0.29, 0.717) is 0 Å². The first-order valence-corrected chi connectivity index (χ1v) is 8.96. The van der Waals surface area contributed by atoms with Crippen LogP contribution in [0.3, 0.4) is 0 Å². The molecule has 0 fully saturated rings. The molecule has 0 saturated carbocycles. The van der Waals surface area contributed by atoms with Crippen molar-refractivity contribution in [1.29, 1.82) is 10.5 Å². The summed E-state index contributed by atoms with van der Waals surface area (Å²) in [6, 6.07) is 21.4. The Morgan fingerprint density at radius 2 is 1.31 bits per heavy atom. The van der Waals surface area contributed by atoms with Crippen LogP contribution in [-0.2, 0) is 9.59 Å². The topological polar surface area (TPSA) is 106 Å². The molecule has 0 saturated heterocycles. The molecule has 0 bridgehead atoms. The normalized spacial score (nSPS) is 12.2. The van der Waals surface area contributed by atoms with E-state index < -0.39 is 17.9 Å². The van der Waals surface area contributed by atoms with Crippen LogP contribution < -0.4 is 10.6 Å². The van der Waals surface area contributed by atoms with E-state index in [2.05, 4.69) is 10.6 Å². The van der Waals surface area contributed by atoms with Gasteiger partial charge in [0.25, 0.3) is 11.8 Å². The first kappa shape index (κ1) is 21.1. The minimum absolute atomic E-state index is 0.0311. The number of hydrogen-bond donors (Lipinski definition) is 2. The lowest BCUT2D eigenvalue weighted by atomic mass is 10.1. The molecule has 0 aliphatic heterocycles. The minimum Gasteiger partial charge on any atom is -0.349 e. The lowest BCUT2D eigenvalue weighted by Gasteiger charge is -2.14. The van der Waals surface area contributed by atoms with Gasteiger partial charge in [-0.2, -0.15) is 10.5 Å². The van der Waals surface area contributed by atoms with E-state index in [4.69, 9.17) is 0 Å². The number of rotatable bonds is 7. The van der Waals surface area contributed by atoms with E-state index in [9.17, 15) is 20.1 Å². The second-order valence-corrected chi connectivity index (χ2v) is 6.25. The highest BCUT2D eigenvalue weighted by molar-refractivity contribution is 6.02. The first-order chi connectivity index (χ1) is 14.0. The Morgan fingerprint density at radius 3 is 1.76 bits per heavy atom. The third-order valence-corrected chi connectivity index (χ3v) is 3.90. The van der Waals surface area contributed by atoms with Crippen molar-refractivity contribution in [2.24, 2.45) is 0 Å². The van der Waals surface area contributed by atoms with Gasteiger partial charge in [-0.25, -0.2) is 0 Å². The molecule has 0 heterocycles. The standard InChI is InChI=1S/C23H20N4O2/c1-17(27-23(29)21(15-25)13-19-10-6-3-7-11-19)16-26-22(28)20(14-24)12-18-8-4-2-5-9-18/h2-13,17H,16H2,1H3,(H,26,28)(H,27,29)/b20-12+,21-13+. The van der Waals surface area contributed by atoms with Crippen molar-refractivity contribution < 1.29 is 9.59 Å². The molecule has 0 aliphatic carbocycles. The van der Waals surface area contributed by atoms with Gasteiger partial charge < -0.3 is 10.6 Å². The van der Waals surface area contributed by atoms with Crippen LogP contribution in [0.15, 0.2) is 71.8 Å². The molecule has 29 heavy (non-hydrogen) atoms. The van der Waals surface area contributed by atoms with Crippen LogP contribution in [0.25, 0.3) is 12.2 Å². The van der Waals surface area contributed by atoms with Gasteiger partial charge in [-0.05, 0) is 30.2 Å². The van der Waals surface area contributed by atoms with Gasteiger partial charge in [0.15, 0.2) is 0 Å². The molecular formula is C23H20N4O2. The van der Waals surface area contributed by atoms with Gasteiger partial charge in [0.2, 0.25) is 0 Å². The predicted molar refractivity (Wildman–Crippen MR) is 111 cm³/mol. The van der Waals surface area contributed by atoms with Crippen LogP contribution >= 0.6 is 0 Å². The number of carbonyl (C=O) groups is 2. The summed E-state index contributed by atoms with van der Waals surface area (Å²) >= 11 is 0. The maximum Gasteiger partial charge on any atom is 0.262 e. The van der Waals surface area contributed by atoms with E-state index >= 15 is 0 Å². The number of amides is 2. The second-order valence-electron chi connectivity index (χ2n) is 6.25. The molecule has 2 aromatic rings. The van der Waals surface area contributed by atoms with Crippen LogP contribution in [0, 0.1) is 22.7 Å². The summed E-state index contributed by atoms with van der Waals surface area (Å²) in [5, 5.41) is 23.7. The highest BCUT2D eigenvalue weighted by atomic mass is 16.2. The van der Waals surface area contributed by atoms with Gasteiger partial charge in [-0.3, -0.25) is 9.59 Å². The SMILES string of the molecule is CC(CNC(=O)/C(C#N)=C/c1ccccc1)NC(=O)/C(C#N)=C/c1ccccc1. The first-order valence-electron chi connectivity index (χ1n) is 8.96. The molecule has 1 atom stereocenters. The minimum atomic E-state index is -0.530. The zero-order chi connectivity index (χ0) is 21.1. The van der Waals surface area contributed by atoms with E-state index in [0.717, 1.165) is 11.1 Å². The lowest BCUT2D eigenvalue weighted by Crippen LogP contribution is -2.42. The summed E-state index contributed by atoms with van der Waals surface area (Å²) in [5.41, 5.74) is 1.42. The van der Waals surface area contributed by atoms with Crippen molar-refractivity contribution in [3.63, 3.8) is 0 Å². The number of nitrogens with zero attached hydrogens (tertiary/aromatic N) is 2. The Morgan fingerprint density at radius 1 is 0.862 bits per heavy atom. The molecule has 2 amide bonds. The Bertz CT molecular complexity index is 997. The molecule has 0 aliphatic rings. The molecule has 1 unspecified atom stereocenters. The van der Waals surface area contributed by atoms with E-state index in [1.807, 2.05) is 48.5 Å². The van der Waals surface area contributed by atoms with Crippen molar-refractivity contribution in [1.82, 2.24) is 10.6 Å². The van der Waals surface area contributed by atoms with Gasteiger partial charge in [-0.1, -0.05) is 60.7 Å². The molecule has 6 nitrogen and oxygen atoms in total. The molecule has 2 aromatic carbocycles. The van der Waals surface area contributed by atoms with E-state index in [1.54, 1.807) is 31.2 Å². The molecule has 2 N–H and O–H groups in total. The molecule has 2 rings (SSSR count). The molecular weight excluding hydrogens is 364 g/mol. The van der Waals surface area contributed by atoms with Crippen molar-refractivity contribution in [2.75, 3.05) is 6.54 Å². The summed E-state index contributed by atoms with van der Waals surface area (Å²) in [4.78, 5) is 24.5. The fourth-order valence-corrected chi connectivity index (χ4v) is 2.42. The number of carbonyl (C=O) groups excluding carboxylic acids is 2. The van der Waals surface area contributed by atoms with Crippen molar-refractivity contribution in [2.45, 2.75) is 13.0 Å². The van der Waals surface area contributed by atoms with Crippen molar-refractivity contribution in [3.8, 4) is 12.1 Å². The van der Waals surface area contributed by atoms with Crippen molar-refractivity contribution in [3.05, 3.63) is 82.9 Å². The van der Waals surface area contributed by atoms with E-state index in [-0.39, 0.29) is 17.7 Å². The average molecular weight is 384 g/mol.